The van der Waals surface area contributed by atoms with Crippen molar-refractivity contribution in [3.8, 4) is 0 Å². The Balaban J connectivity index is 3.01. The molecule has 0 spiro atoms. The van der Waals surface area contributed by atoms with Gasteiger partial charge in [-0.25, -0.2) is 0 Å². The van der Waals surface area contributed by atoms with Crippen LogP contribution in [0.5, 0.6) is 0 Å². The van der Waals surface area contributed by atoms with E-state index >= 15 is 0 Å². The first kappa shape index (κ1) is 13.4. The fourth-order valence-corrected chi connectivity index (χ4v) is 1.97. The van der Waals surface area contributed by atoms with Crippen molar-refractivity contribution < 1.29 is 9.85 Å². The minimum absolute atomic E-state index is 0.00889. The van der Waals surface area contributed by atoms with Gasteiger partial charge in [0.1, 0.15) is 5.52 Å². The van der Waals surface area contributed by atoms with Crippen LogP contribution in [0.15, 0.2) is 18.7 Å². The summed E-state index contributed by atoms with van der Waals surface area (Å²) in [5, 5.41) is 28.2. The summed E-state index contributed by atoms with van der Waals surface area (Å²) in [5.41, 5.74) is 10.4. The lowest BCUT2D eigenvalue weighted by molar-refractivity contribution is -0.393. The van der Waals surface area contributed by atoms with Crippen LogP contribution in [-0.4, -0.2) is 20.0 Å². The van der Waals surface area contributed by atoms with Crippen LogP contribution >= 0.6 is 0 Å². The van der Waals surface area contributed by atoms with Gasteiger partial charge < -0.3 is 11.5 Å². The normalized spacial score (nSPS) is 12.2. The highest BCUT2D eigenvalue weighted by Crippen LogP contribution is 2.39. The van der Waals surface area contributed by atoms with E-state index in [-0.39, 0.29) is 22.3 Å². The molecule has 0 radical (unpaired) electrons. The molecule has 1 heterocycles. The molecule has 0 aliphatic heterocycles. The number of nitrogens with two attached hydrogens (primary N) is 2. The maximum atomic E-state index is 11.1. The van der Waals surface area contributed by atoms with E-state index in [1.807, 2.05) is 0 Å². The van der Waals surface area contributed by atoms with Crippen LogP contribution in [0.4, 0.5) is 17.2 Å². The molecule has 0 saturated heterocycles. The molecule has 104 valence electrons. The fourth-order valence-electron chi connectivity index (χ4n) is 1.97. The Labute approximate surface area is 111 Å². The number of nitrogens with zero attached hydrogens (tertiary/aromatic N) is 3. The summed E-state index contributed by atoms with van der Waals surface area (Å²) in [6.07, 6.45) is 1.28. The molecule has 0 fully saturated rings. The van der Waals surface area contributed by atoms with Crippen molar-refractivity contribution in [1.82, 2.24) is 10.2 Å². The average Bonchev–Trinajstić information content (AvgIpc) is 2.78. The Bertz CT molecular complexity index is 737. The molecule has 0 bridgehead atoms. The van der Waals surface area contributed by atoms with Gasteiger partial charge in [-0.1, -0.05) is 6.08 Å². The van der Waals surface area contributed by atoms with Crippen LogP contribution in [-0.2, 0) is 0 Å². The molecule has 0 saturated carbocycles. The number of nitrogens with one attached hydrogen (secondary N) is 1. The summed E-state index contributed by atoms with van der Waals surface area (Å²) in [6.45, 7) is 3.46. The second-order valence-electron chi connectivity index (χ2n) is 3.96. The molecule has 5 N–H and O–H groups in total. The van der Waals surface area contributed by atoms with Crippen LogP contribution in [0.25, 0.3) is 10.9 Å². The highest BCUT2D eigenvalue weighted by atomic mass is 16.6. The standard InChI is InChI=1S/C10H10N6O4/c1-2-4(11)7-5(15(17)18)3-6(16(19)20)9-8(7)10(12)14-13-9/h2-4H,1,11H2,(H3,12,13,14). The molecule has 0 amide bonds. The number of fused-ring (bicyclic) bond motifs is 1. The van der Waals surface area contributed by atoms with Crippen molar-refractivity contribution in [2.24, 2.45) is 5.73 Å². The molecule has 1 aromatic carbocycles. The average molecular weight is 278 g/mol. The molecule has 20 heavy (non-hydrogen) atoms. The van der Waals surface area contributed by atoms with Crippen LogP contribution in [0, 0.1) is 20.2 Å². The lowest BCUT2D eigenvalue weighted by Crippen LogP contribution is -2.11. The number of nitro groups is 2. The minimum atomic E-state index is -0.904. The van der Waals surface area contributed by atoms with Gasteiger partial charge in [0.05, 0.1) is 32.9 Å². The van der Waals surface area contributed by atoms with E-state index in [9.17, 15) is 20.2 Å². The predicted molar refractivity (Wildman–Crippen MR) is 70.9 cm³/mol. The first-order valence-electron chi connectivity index (χ1n) is 5.35. The van der Waals surface area contributed by atoms with E-state index in [2.05, 4.69) is 16.8 Å². The van der Waals surface area contributed by atoms with Crippen molar-refractivity contribution in [2.45, 2.75) is 6.04 Å². The summed E-state index contributed by atoms with van der Waals surface area (Å²) in [5.74, 6) is -0.0981. The number of aromatic amines is 1. The SMILES string of the molecule is C=CC(N)c1c([N+](=O)[O-])cc([N+](=O)[O-])c2[nH]nc(N)c12. The van der Waals surface area contributed by atoms with Gasteiger partial charge in [0, 0.05) is 0 Å². The third-order valence-electron chi connectivity index (χ3n) is 2.85. The number of non-ortho nitro benzene ring substituents is 1. The maximum Gasteiger partial charge on any atom is 0.301 e. The zero-order chi connectivity index (χ0) is 15.0. The molecule has 2 aromatic rings. The molecule has 10 heteroatoms. The minimum Gasteiger partial charge on any atom is -0.382 e. The van der Waals surface area contributed by atoms with Crippen molar-refractivity contribution in [3.05, 3.63) is 44.5 Å². The van der Waals surface area contributed by atoms with Gasteiger partial charge >= 0.3 is 5.69 Å². The van der Waals surface area contributed by atoms with Gasteiger partial charge in [0.25, 0.3) is 5.69 Å². The third kappa shape index (κ3) is 1.83. The van der Waals surface area contributed by atoms with E-state index < -0.39 is 27.3 Å². The smallest absolute Gasteiger partial charge is 0.301 e. The zero-order valence-electron chi connectivity index (χ0n) is 10.1. The number of anilines is 1. The number of benzene rings is 1. The third-order valence-corrected chi connectivity index (χ3v) is 2.85. The van der Waals surface area contributed by atoms with E-state index in [4.69, 9.17) is 11.5 Å². The van der Waals surface area contributed by atoms with Crippen molar-refractivity contribution in [1.29, 1.82) is 0 Å². The molecule has 10 nitrogen and oxygen atoms in total. The van der Waals surface area contributed by atoms with Gasteiger partial charge in [0.2, 0.25) is 0 Å². The summed E-state index contributed by atoms with van der Waals surface area (Å²) in [6, 6.07) is -0.0721. The topological polar surface area (TPSA) is 167 Å². The fraction of sp³-hybridized carbons (Fsp3) is 0.100. The quantitative estimate of drug-likeness (QED) is 0.428. The summed E-state index contributed by atoms with van der Waals surface area (Å²) < 4.78 is 0. The molecule has 1 aromatic heterocycles. The van der Waals surface area contributed by atoms with Gasteiger partial charge in [-0.2, -0.15) is 5.10 Å². The van der Waals surface area contributed by atoms with E-state index in [1.54, 1.807) is 0 Å². The van der Waals surface area contributed by atoms with E-state index in [1.165, 1.54) is 6.08 Å². The molecular weight excluding hydrogens is 268 g/mol. The summed E-state index contributed by atoms with van der Waals surface area (Å²) in [7, 11) is 0. The Morgan fingerprint density at radius 3 is 2.45 bits per heavy atom. The number of aromatic nitrogens is 2. The summed E-state index contributed by atoms with van der Waals surface area (Å²) in [4.78, 5) is 20.6. The first-order valence-corrected chi connectivity index (χ1v) is 5.35. The predicted octanol–water partition coefficient (Wildman–Crippen LogP) is 1.15. The van der Waals surface area contributed by atoms with Gasteiger partial charge in [-0.15, -0.1) is 6.58 Å². The Kier molecular flexibility index (Phi) is 3.08. The van der Waals surface area contributed by atoms with Crippen molar-refractivity contribution in [2.75, 3.05) is 5.73 Å². The number of hydrogen-bond donors (Lipinski definition) is 3. The molecule has 0 aliphatic carbocycles. The molecule has 0 aliphatic rings. The van der Waals surface area contributed by atoms with Crippen LogP contribution in [0.2, 0.25) is 0 Å². The lowest BCUT2D eigenvalue weighted by Gasteiger charge is -2.09. The largest absolute Gasteiger partial charge is 0.382 e. The van der Waals surface area contributed by atoms with E-state index in [0.717, 1.165) is 6.07 Å². The second-order valence-corrected chi connectivity index (χ2v) is 3.96. The van der Waals surface area contributed by atoms with Gasteiger partial charge in [0.15, 0.2) is 5.82 Å². The van der Waals surface area contributed by atoms with Gasteiger partial charge in [-0.3, -0.25) is 25.3 Å². The second kappa shape index (κ2) is 4.59. The number of H-pyrrole nitrogens is 1. The maximum absolute atomic E-state index is 11.1. The van der Waals surface area contributed by atoms with Gasteiger partial charge in [-0.05, 0) is 0 Å². The Hall–Kier alpha value is -3.01. The number of nitrogen functional groups attached to an aromatic ring is 1. The van der Waals surface area contributed by atoms with E-state index in [0.29, 0.717) is 0 Å². The number of rotatable bonds is 4. The number of nitro benzene ring substituents is 2. The van der Waals surface area contributed by atoms with Crippen LogP contribution in [0.1, 0.15) is 11.6 Å². The Morgan fingerprint density at radius 2 is 1.95 bits per heavy atom. The molecule has 1 atom stereocenters. The zero-order valence-corrected chi connectivity index (χ0v) is 10.1. The Morgan fingerprint density at radius 1 is 1.35 bits per heavy atom. The van der Waals surface area contributed by atoms with Crippen LogP contribution in [0.3, 0.4) is 0 Å². The lowest BCUT2D eigenvalue weighted by atomic mass is 9.99. The van der Waals surface area contributed by atoms with Crippen molar-refractivity contribution in [3.63, 3.8) is 0 Å². The first-order chi connectivity index (χ1) is 9.38. The molecular formula is C10H10N6O4. The molecule has 1 unspecified atom stereocenters. The summed E-state index contributed by atoms with van der Waals surface area (Å²) >= 11 is 0. The molecule has 2 rings (SSSR count). The highest BCUT2D eigenvalue weighted by molar-refractivity contribution is 6.00. The highest BCUT2D eigenvalue weighted by Gasteiger charge is 2.30. The number of hydrogen-bond acceptors (Lipinski definition) is 7. The monoisotopic (exact) mass is 278 g/mol. The van der Waals surface area contributed by atoms with Crippen LogP contribution < -0.4 is 11.5 Å². The van der Waals surface area contributed by atoms with Crippen molar-refractivity contribution >= 4 is 28.1 Å².